The fourth-order valence-electron chi connectivity index (χ4n) is 3.29. The number of halogens is 1. The number of ether oxygens (including phenoxy) is 3. The molecule has 1 aliphatic rings. The maximum absolute atomic E-state index is 12.5. The Morgan fingerprint density at radius 2 is 1.97 bits per heavy atom. The van der Waals surface area contributed by atoms with Gasteiger partial charge in [-0.3, -0.25) is 14.4 Å². The van der Waals surface area contributed by atoms with Gasteiger partial charge < -0.3 is 24.4 Å². The van der Waals surface area contributed by atoms with Crippen LogP contribution in [0.1, 0.15) is 12.0 Å². The van der Waals surface area contributed by atoms with Gasteiger partial charge in [-0.15, -0.1) is 0 Å². The summed E-state index contributed by atoms with van der Waals surface area (Å²) in [6.07, 6.45) is -0.0196. The van der Waals surface area contributed by atoms with E-state index in [1.165, 1.54) is 19.1 Å². The minimum absolute atomic E-state index is 0.0196. The maximum Gasteiger partial charge on any atom is 0.311 e. The molecule has 164 valence electrons. The second kappa shape index (κ2) is 9.70. The Labute approximate surface area is 185 Å². The van der Waals surface area contributed by atoms with Crippen molar-refractivity contribution in [3.05, 3.63) is 47.0 Å². The zero-order valence-electron chi connectivity index (χ0n) is 17.4. The zero-order valence-corrected chi connectivity index (χ0v) is 18.2. The fraction of sp³-hybridized carbons (Fsp3) is 0.318. The number of amides is 2. The van der Waals surface area contributed by atoms with Gasteiger partial charge in [-0.1, -0.05) is 17.7 Å². The van der Waals surface area contributed by atoms with Crippen molar-refractivity contribution in [2.45, 2.75) is 13.3 Å². The lowest BCUT2D eigenvalue weighted by molar-refractivity contribution is -0.151. The van der Waals surface area contributed by atoms with Crippen molar-refractivity contribution < 1.29 is 28.6 Å². The Morgan fingerprint density at radius 1 is 1.19 bits per heavy atom. The van der Waals surface area contributed by atoms with Gasteiger partial charge in [0.1, 0.15) is 11.5 Å². The van der Waals surface area contributed by atoms with E-state index in [4.69, 9.17) is 25.8 Å². The van der Waals surface area contributed by atoms with E-state index in [0.29, 0.717) is 33.5 Å². The largest absolute Gasteiger partial charge is 0.497 e. The van der Waals surface area contributed by atoms with Crippen molar-refractivity contribution in [2.24, 2.45) is 5.92 Å². The number of nitrogens with zero attached hydrogens (tertiary/aromatic N) is 1. The number of esters is 1. The van der Waals surface area contributed by atoms with Gasteiger partial charge in [-0.2, -0.15) is 0 Å². The third kappa shape index (κ3) is 5.08. The molecular formula is C22H23ClN2O6. The number of carbonyl (C=O) groups excluding carboxylic acids is 3. The molecule has 2 aromatic rings. The number of carbonyl (C=O) groups is 3. The van der Waals surface area contributed by atoms with Crippen LogP contribution in [0.25, 0.3) is 0 Å². The molecule has 1 saturated heterocycles. The van der Waals surface area contributed by atoms with Crippen LogP contribution in [0.4, 0.5) is 11.4 Å². The molecule has 0 spiro atoms. The first-order chi connectivity index (χ1) is 14.8. The Balaban J connectivity index is 1.60. The van der Waals surface area contributed by atoms with Crippen LogP contribution < -0.4 is 19.7 Å². The Morgan fingerprint density at radius 3 is 2.68 bits per heavy atom. The molecule has 1 aliphatic heterocycles. The molecule has 1 N–H and O–H groups in total. The van der Waals surface area contributed by atoms with E-state index in [1.807, 2.05) is 0 Å². The third-order valence-electron chi connectivity index (χ3n) is 5.02. The number of hydrogen-bond acceptors (Lipinski definition) is 6. The lowest BCUT2D eigenvalue weighted by atomic mass is 10.1. The van der Waals surface area contributed by atoms with Crippen LogP contribution in [0.5, 0.6) is 11.5 Å². The summed E-state index contributed by atoms with van der Waals surface area (Å²) in [4.78, 5) is 38.6. The molecule has 1 fully saturated rings. The van der Waals surface area contributed by atoms with Crippen LogP contribution in [0, 0.1) is 12.8 Å². The van der Waals surface area contributed by atoms with Crippen molar-refractivity contribution in [3.63, 3.8) is 0 Å². The summed E-state index contributed by atoms with van der Waals surface area (Å²) in [5, 5.41) is 3.18. The van der Waals surface area contributed by atoms with E-state index in [0.717, 1.165) is 0 Å². The van der Waals surface area contributed by atoms with Gasteiger partial charge in [0.25, 0.3) is 5.91 Å². The van der Waals surface area contributed by atoms with Crippen molar-refractivity contribution in [3.8, 4) is 11.5 Å². The normalized spacial score (nSPS) is 15.5. The van der Waals surface area contributed by atoms with Gasteiger partial charge in [0, 0.05) is 29.7 Å². The van der Waals surface area contributed by atoms with E-state index in [2.05, 4.69) is 5.32 Å². The van der Waals surface area contributed by atoms with Gasteiger partial charge in [0.15, 0.2) is 6.61 Å². The predicted octanol–water partition coefficient (Wildman–Crippen LogP) is 3.20. The second-order valence-corrected chi connectivity index (χ2v) is 7.42. The minimum atomic E-state index is -0.691. The van der Waals surface area contributed by atoms with Gasteiger partial charge in [-0.05, 0) is 36.8 Å². The topological polar surface area (TPSA) is 94.2 Å². The summed E-state index contributed by atoms with van der Waals surface area (Å²) in [5.74, 6) is -0.997. The van der Waals surface area contributed by atoms with Crippen molar-refractivity contribution in [1.29, 1.82) is 0 Å². The number of anilines is 2. The first-order valence-corrected chi connectivity index (χ1v) is 9.95. The summed E-state index contributed by atoms with van der Waals surface area (Å²) in [6, 6.07) is 10.2. The number of hydrogen-bond donors (Lipinski definition) is 1. The molecule has 0 saturated carbocycles. The summed E-state index contributed by atoms with van der Waals surface area (Å²) < 4.78 is 15.7. The lowest BCUT2D eigenvalue weighted by Crippen LogP contribution is -2.28. The molecule has 0 aromatic heterocycles. The highest BCUT2D eigenvalue weighted by atomic mass is 35.5. The number of methoxy groups -OCH3 is 2. The molecule has 2 aromatic carbocycles. The van der Waals surface area contributed by atoms with Gasteiger partial charge in [0.2, 0.25) is 5.91 Å². The highest BCUT2D eigenvalue weighted by Gasteiger charge is 2.37. The van der Waals surface area contributed by atoms with Crippen molar-refractivity contribution >= 4 is 40.8 Å². The minimum Gasteiger partial charge on any atom is -0.497 e. The van der Waals surface area contributed by atoms with Crippen LogP contribution in [0.3, 0.4) is 0 Å². The van der Waals surface area contributed by atoms with E-state index < -0.39 is 24.4 Å². The average Bonchev–Trinajstić information content (AvgIpc) is 3.16. The molecule has 31 heavy (non-hydrogen) atoms. The summed E-state index contributed by atoms with van der Waals surface area (Å²) in [7, 11) is 3.02. The van der Waals surface area contributed by atoms with E-state index >= 15 is 0 Å². The molecule has 2 amide bonds. The number of nitrogens with one attached hydrogen (secondary N) is 1. The van der Waals surface area contributed by atoms with Crippen LogP contribution in [-0.2, 0) is 19.1 Å². The Kier molecular flexibility index (Phi) is 7.02. The van der Waals surface area contributed by atoms with Crippen LogP contribution in [0.15, 0.2) is 36.4 Å². The van der Waals surface area contributed by atoms with Crippen LogP contribution in [0.2, 0.25) is 5.02 Å². The Bertz CT molecular complexity index is 1010. The highest BCUT2D eigenvalue weighted by Crippen LogP contribution is 2.36. The van der Waals surface area contributed by atoms with Crippen molar-refractivity contribution in [1.82, 2.24) is 0 Å². The summed E-state index contributed by atoms with van der Waals surface area (Å²) in [5.41, 5.74) is 1.77. The summed E-state index contributed by atoms with van der Waals surface area (Å²) in [6.45, 7) is 1.43. The molecule has 0 aliphatic carbocycles. The van der Waals surface area contributed by atoms with Crippen LogP contribution >= 0.6 is 11.6 Å². The molecule has 8 nitrogen and oxygen atoms in total. The monoisotopic (exact) mass is 446 g/mol. The third-order valence-corrected chi connectivity index (χ3v) is 5.43. The molecular weight excluding hydrogens is 424 g/mol. The van der Waals surface area contributed by atoms with E-state index in [1.54, 1.807) is 43.3 Å². The van der Waals surface area contributed by atoms with Crippen molar-refractivity contribution in [2.75, 3.05) is 37.6 Å². The second-order valence-electron chi connectivity index (χ2n) is 7.01. The molecule has 1 atom stereocenters. The highest BCUT2D eigenvalue weighted by molar-refractivity contribution is 6.31. The quantitative estimate of drug-likeness (QED) is 0.656. The number of benzene rings is 2. The maximum atomic E-state index is 12.5. The SMILES string of the molecule is COc1ccc(OC)c(N2C[C@H](C(=O)OCC(=O)Nc3cccc(Cl)c3C)CC2=O)c1. The Hall–Kier alpha value is -3.26. The molecule has 0 unspecified atom stereocenters. The molecule has 1 heterocycles. The molecule has 9 heteroatoms. The first kappa shape index (κ1) is 22.4. The average molecular weight is 447 g/mol. The zero-order chi connectivity index (χ0) is 22.5. The van der Waals surface area contributed by atoms with Crippen LogP contribution in [-0.4, -0.2) is 45.2 Å². The van der Waals surface area contributed by atoms with Gasteiger partial charge >= 0.3 is 5.97 Å². The lowest BCUT2D eigenvalue weighted by Gasteiger charge is -2.20. The molecule has 0 radical (unpaired) electrons. The first-order valence-electron chi connectivity index (χ1n) is 9.58. The summed E-state index contributed by atoms with van der Waals surface area (Å²) >= 11 is 6.04. The predicted molar refractivity (Wildman–Crippen MR) is 116 cm³/mol. The fourth-order valence-corrected chi connectivity index (χ4v) is 3.46. The molecule has 0 bridgehead atoms. The smallest absolute Gasteiger partial charge is 0.311 e. The molecule has 3 rings (SSSR count). The van der Waals surface area contributed by atoms with E-state index in [9.17, 15) is 14.4 Å². The van der Waals surface area contributed by atoms with Gasteiger partial charge in [-0.25, -0.2) is 0 Å². The number of rotatable bonds is 7. The standard InChI is InChI=1S/C22H23ClN2O6/c1-13-16(23)5-4-6-17(13)24-20(26)12-31-22(28)14-9-21(27)25(11-14)18-10-15(29-2)7-8-19(18)30-3/h4-8,10,14H,9,11-12H2,1-3H3,(H,24,26)/t14-/m1/s1. The van der Waals surface area contributed by atoms with Gasteiger partial charge in [0.05, 0.1) is 25.8 Å². The van der Waals surface area contributed by atoms with E-state index in [-0.39, 0.29) is 18.9 Å².